The number of hydrogen-bond acceptors (Lipinski definition) is 5. The number of carbonyl (C=O) groups excluding carboxylic acids is 1. The molecule has 6 heteroatoms. The van der Waals surface area contributed by atoms with Crippen LogP contribution in [-0.4, -0.2) is 32.7 Å². The van der Waals surface area contributed by atoms with Crippen molar-refractivity contribution in [3.8, 4) is 0 Å². The van der Waals surface area contributed by atoms with E-state index in [1.54, 1.807) is 6.92 Å². The summed E-state index contributed by atoms with van der Waals surface area (Å²) in [6.07, 6.45) is -0.184. The van der Waals surface area contributed by atoms with Gasteiger partial charge in [0, 0.05) is 6.42 Å². The van der Waals surface area contributed by atoms with Crippen molar-refractivity contribution in [3.05, 3.63) is 0 Å². The standard InChI is InChI=1S/C8H16O5.H3N/c1-3-5-8(12,13)7(11,4-2)6(9)10;/h11-13H,3-5H2,1-2H3,(H,9,10);1H3. The van der Waals surface area contributed by atoms with Gasteiger partial charge in [0.2, 0.25) is 0 Å². The summed E-state index contributed by atoms with van der Waals surface area (Å²) in [4.78, 5) is 10.5. The smallest absolute Gasteiger partial charge is 0.197 e. The minimum atomic E-state index is -2.63. The highest BCUT2D eigenvalue weighted by Crippen LogP contribution is 2.27. The second kappa shape index (κ2) is 5.26. The van der Waals surface area contributed by atoms with Gasteiger partial charge in [-0.2, -0.15) is 0 Å². The Kier molecular flexibility index (Phi) is 5.92. The molecule has 0 saturated carbocycles. The molecular weight excluding hydrogens is 190 g/mol. The van der Waals surface area contributed by atoms with Gasteiger partial charge < -0.3 is 31.4 Å². The zero-order valence-electron chi connectivity index (χ0n) is 8.78. The van der Waals surface area contributed by atoms with E-state index in [2.05, 4.69) is 0 Å². The normalized spacial score (nSPS) is 15.5. The first-order valence-electron chi connectivity index (χ1n) is 4.20. The molecule has 0 fully saturated rings. The third-order valence-electron chi connectivity index (χ3n) is 2.11. The molecule has 0 radical (unpaired) electrons. The number of carboxylic acid groups (broad SMARTS) is 1. The molecule has 0 aliphatic carbocycles. The van der Waals surface area contributed by atoms with E-state index in [1.807, 2.05) is 0 Å². The van der Waals surface area contributed by atoms with Crippen LogP contribution in [0.2, 0.25) is 0 Å². The van der Waals surface area contributed by atoms with Gasteiger partial charge in [-0.1, -0.05) is 20.3 Å². The summed E-state index contributed by atoms with van der Waals surface area (Å²) >= 11 is 0. The fourth-order valence-corrected chi connectivity index (χ4v) is 1.15. The molecule has 6 nitrogen and oxygen atoms in total. The van der Waals surface area contributed by atoms with Crippen molar-refractivity contribution < 1.29 is 25.2 Å². The van der Waals surface area contributed by atoms with Crippen molar-refractivity contribution in [2.75, 3.05) is 0 Å². The lowest BCUT2D eigenvalue weighted by Gasteiger charge is -2.39. The number of aliphatic carboxylic acids is 1. The van der Waals surface area contributed by atoms with Gasteiger partial charge in [0.25, 0.3) is 0 Å². The molecule has 0 amide bonds. The molecule has 0 heterocycles. The van der Waals surface area contributed by atoms with E-state index in [0.29, 0.717) is 6.42 Å². The van der Waals surface area contributed by atoms with Crippen LogP contribution in [-0.2, 0) is 4.79 Å². The lowest BCUT2D eigenvalue weighted by atomic mass is 9.87. The highest BCUT2D eigenvalue weighted by Gasteiger charge is 2.47. The third kappa shape index (κ3) is 2.65. The highest BCUT2D eigenvalue weighted by molar-refractivity contribution is 5.76. The van der Waals surface area contributed by atoms with E-state index < -0.39 is 17.4 Å². The molecule has 0 aromatic rings. The molecule has 0 bridgehead atoms. The summed E-state index contributed by atoms with van der Waals surface area (Å²) < 4.78 is 0. The summed E-state index contributed by atoms with van der Waals surface area (Å²) in [5.41, 5.74) is -2.59. The molecule has 0 aliphatic heterocycles. The van der Waals surface area contributed by atoms with Crippen LogP contribution in [0.3, 0.4) is 0 Å². The zero-order valence-corrected chi connectivity index (χ0v) is 8.78. The predicted molar refractivity (Wildman–Crippen MR) is 48.3 cm³/mol. The Hall–Kier alpha value is -0.690. The minimum Gasteiger partial charge on any atom is -0.547 e. The van der Waals surface area contributed by atoms with Crippen LogP contribution in [0.15, 0.2) is 0 Å². The fraction of sp³-hybridized carbons (Fsp3) is 0.875. The quantitative estimate of drug-likeness (QED) is 0.418. The van der Waals surface area contributed by atoms with Crippen LogP contribution in [0.25, 0.3) is 0 Å². The highest BCUT2D eigenvalue weighted by atomic mass is 16.5. The van der Waals surface area contributed by atoms with Crippen molar-refractivity contribution in [3.63, 3.8) is 0 Å². The molecule has 0 aliphatic rings. The molecule has 14 heavy (non-hydrogen) atoms. The number of carboxylic acids is 1. The van der Waals surface area contributed by atoms with Crippen LogP contribution in [0.1, 0.15) is 33.1 Å². The summed E-state index contributed by atoms with van der Waals surface area (Å²) in [6, 6.07) is 0. The summed E-state index contributed by atoms with van der Waals surface area (Å²) in [7, 11) is 0. The van der Waals surface area contributed by atoms with E-state index in [0.717, 1.165) is 0 Å². The van der Waals surface area contributed by atoms with Crippen LogP contribution < -0.4 is 11.3 Å². The summed E-state index contributed by atoms with van der Waals surface area (Å²) in [6.45, 7) is 2.99. The largest absolute Gasteiger partial charge is 0.547 e. The molecule has 0 rings (SSSR count). The van der Waals surface area contributed by atoms with Gasteiger partial charge in [-0.15, -0.1) is 0 Å². The van der Waals surface area contributed by atoms with Crippen LogP contribution in [0, 0.1) is 0 Å². The molecule has 7 N–H and O–H groups in total. The summed E-state index contributed by atoms with van der Waals surface area (Å²) in [5.74, 6) is -4.50. The van der Waals surface area contributed by atoms with Gasteiger partial charge in [-0.05, 0) is 6.42 Å². The van der Waals surface area contributed by atoms with Gasteiger partial charge in [-0.25, -0.2) is 0 Å². The van der Waals surface area contributed by atoms with Crippen LogP contribution in [0.4, 0.5) is 0 Å². The van der Waals surface area contributed by atoms with Crippen molar-refractivity contribution >= 4 is 5.97 Å². The number of quaternary nitrogens is 1. The van der Waals surface area contributed by atoms with Crippen LogP contribution in [0.5, 0.6) is 0 Å². The Labute approximate surface area is 82.8 Å². The molecule has 0 spiro atoms. The Morgan fingerprint density at radius 1 is 1.29 bits per heavy atom. The maximum absolute atomic E-state index is 10.5. The second-order valence-corrected chi connectivity index (χ2v) is 3.07. The Bertz CT molecular complexity index is 194. The molecular formula is C8H19NO5. The maximum Gasteiger partial charge on any atom is 0.197 e. The summed E-state index contributed by atoms with van der Waals surface area (Å²) in [5, 5.41) is 38.5. The monoisotopic (exact) mass is 209 g/mol. The molecule has 0 aromatic carbocycles. The molecule has 1 unspecified atom stereocenters. The average molecular weight is 209 g/mol. The van der Waals surface area contributed by atoms with Gasteiger partial charge >= 0.3 is 0 Å². The topological polar surface area (TPSA) is 137 Å². The minimum absolute atomic E-state index is 0. The number of rotatable bonds is 5. The SMILES string of the molecule is CCCC(O)(O)C(O)(CC)C(=O)[O-].[NH4+]. The predicted octanol–water partition coefficient (Wildman–Crippen LogP) is -1.27. The van der Waals surface area contributed by atoms with Gasteiger partial charge in [-0.3, -0.25) is 0 Å². The Morgan fingerprint density at radius 3 is 1.93 bits per heavy atom. The lowest BCUT2D eigenvalue weighted by molar-refractivity contribution is -0.358. The van der Waals surface area contributed by atoms with E-state index in [9.17, 15) is 25.2 Å². The van der Waals surface area contributed by atoms with Crippen molar-refractivity contribution in [2.24, 2.45) is 0 Å². The first kappa shape index (κ1) is 15.8. The molecule has 86 valence electrons. The zero-order chi connectivity index (χ0) is 10.7. The van der Waals surface area contributed by atoms with E-state index in [-0.39, 0.29) is 19.0 Å². The fourth-order valence-electron chi connectivity index (χ4n) is 1.15. The molecule has 1 atom stereocenters. The van der Waals surface area contributed by atoms with Crippen LogP contribution >= 0.6 is 0 Å². The maximum atomic E-state index is 10.5. The average Bonchev–Trinajstić information content (AvgIpc) is 2.02. The first-order valence-corrected chi connectivity index (χ1v) is 4.20. The van der Waals surface area contributed by atoms with E-state index in [4.69, 9.17) is 0 Å². The van der Waals surface area contributed by atoms with Crippen molar-refractivity contribution in [1.29, 1.82) is 0 Å². The third-order valence-corrected chi connectivity index (χ3v) is 2.11. The number of carbonyl (C=O) groups is 1. The van der Waals surface area contributed by atoms with E-state index >= 15 is 0 Å². The van der Waals surface area contributed by atoms with Gasteiger partial charge in [0.1, 0.15) is 0 Å². The number of aliphatic hydroxyl groups is 3. The second-order valence-electron chi connectivity index (χ2n) is 3.07. The first-order chi connectivity index (χ1) is 5.81. The van der Waals surface area contributed by atoms with Gasteiger partial charge in [0.15, 0.2) is 11.4 Å². The number of hydrogen-bond donors (Lipinski definition) is 4. The van der Waals surface area contributed by atoms with E-state index in [1.165, 1.54) is 6.92 Å². The molecule has 0 saturated heterocycles. The van der Waals surface area contributed by atoms with Crippen molar-refractivity contribution in [2.45, 2.75) is 44.5 Å². The van der Waals surface area contributed by atoms with Crippen molar-refractivity contribution in [1.82, 2.24) is 6.15 Å². The Balaban J connectivity index is 0. The molecule has 0 aromatic heterocycles. The Morgan fingerprint density at radius 2 is 1.71 bits per heavy atom. The lowest BCUT2D eigenvalue weighted by Crippen LogP contribution is -2.63. The van der Waals surface area contributed by atoms with Gasteiger partial charge in [0.05, 0.1) is 5.97 Å².